The van der Waals surface area contributed by atoms with Gasteiger partial charge in [0.2, 0.25) is 11.8 Å². The van der Waals surface area contributed by atoms with Gasteiger partial charge in [-0.3, -0.25) is 13.9 Å². The average Bonchev–Trinajstić information content (AvgIpc) is 2.94. The van der Waals surface area contributed by atoms with Gasteiger partial charge in [0.1, 0.15) is 12.6 Å². The minimum atomic E-state index is -4.17. The molecule has 10 heteroatoms. The minimum absolute atomic E-state index is 0.0593. The molecule has 0 spiro atoms. The highest BCUT2D eigenvalue weighted by Gasteiger charge is 2.35. The Kier molecular flexibility index (Phi) is 11.5. The van der Waals surface area contributed by atoms with Crippen LogP contribution < -0.4 is 9.62 Å². The third-order valence-corrected chi connectivity index (χ3v) is 9.78. The zero-order valence-corrected chi connectivity index (χ0v) is 27.3. The number of hydrogen-bond acceptors (Lipinski definition) is 4. The smallest absolute Gasteiger partial charge is 0.264 e. The molecule has 2 atom stereocenters. The molecule has 0 aliphatic carbocycles. The molecule has 3 aromatic rings. The molecule has 0 saturated heterocycles. The maximum absolute atomic E-state index is 14.3. The summed E-state index contributed by atoms with van der Waals surface area (Å²) in [6, 6.07) is 16.0. The summed E-state index contributed by atoms with van der Waals surface area (Å²) >= 11 is 13.0. The Hall–Kier alpha value is -3.07. The number of nitrogens with zero attached hydrogens (tertiary/aromatic N) is 2. The van der Waals surface area contributed by atoms with Crippen molar-refractivity contribution in [2.45, 2.75) is 77.9 Å². The molecule has 0 heterocycles. The first kappa shape index (κ1) is 33.4. The number of carbonyl (C=O) groups is 2. The van der Waals surface area contributed by atoms with Gasteiger partial charge in [-0.15, -0.1) is 0 Å². The number of benzene rings is 3. The van der Waals surface area contributed by atoms with E-state index in [9.17, 15) is 18.0 Å². The van der Waals surface area contributed by atoms with Gasteiger partial charge in [-0.2, -0.15) is 0 Å². The Morgan fingerprint density at radius 1 is 0.881 bits per heavy atom. The molecule has 0 bridgehead atoms. The quantitative estimate of drug-likeness (QED) is 0.237. The van der Waals surface area contributed by atoms with E-state index in [1.165, 1.54) is 17.0 Å². The lowest BCUT2D eigenvalue weighted by molar-refractivity contribution is -0.140. The van der Waals surface area contributed by atoms with Gasteiger partial charge in [0.05, 0.1) is 10.6 Å². The highest BCUT2D eigenvalue weighted by atomic mass is 35.5. The molecular formula is C32H39Cl2N3O4S. The van der Waals surface area contributed by atoms with E-state index in [0.717, 1.165) is 15.4 Å². The number of aryl methyl sites for hydroxylation is 3. The van der Waals surface area contributed by atoms with E-state index in [0.29, 0.717) is 39.7 Å². The van der Waals surface area contributed by atoms with Crippen LogP contribution >= 0.6 is 23.2 Å². The van der Waals surface area contributed by atoms with Gasteiger partial charge in [-0.1, -0.05) is 72.9 Å². The van der Waals surface area contributed by atoms with Gasteiger partial charge < -0.3 is 10.2 Å². The van der Waals surface area contributed by atoms with E-state index >= 15 is 0 Å². The number of anilines is 1. The number of sulfonamides is 1. The van der Waals surface area contributed by atoms with Crippen molar-refractivity contribution >= 4 is 50.7 Å². The summed E-state index contributed by atoms with van der Waals surface area (Å²) in [5.41, 5.74) is 3.29. The molecule has 0 aliphatic heterocycles. The first-order chi connectivity index (χ1) is 19.8. The molecule has 3 rings (SSSR count). The fourth-order valence-electron chi connectivity index (χ4n) is 4.55. The fourth-order valence-corrected chi connectivity index (χ4v) is 6.54. The second-order valence-electron chi connectivity index (χ2n) is 10.6. The van der Waals surface area contributed by atoms with E-state index in [1.54, 1.807) is 50.2 Å². The third-order valence-electron chi connectivity index (χ3n) is 7.30. The van der Waals surface area contributed by atoms with Crippen molar-refractivity contribution in [1.82, 2.24) is 10.2 Å². The largest absolute Gasteiger partial charge is 0.352 e. The number of hydrogen-bond donors (Lipinski definition) is 1. The van der Waals surface area contributed by atoms with E-state index in [2.05, 4.69) is 5.32 Å². The number of carbonyl (C=O) groups excluding carboxylic acids is 2. The molecule has 0 radical (unpaired) electrons. The minimum Gasteiger partial charge on any atom is -0.352 e. The van der Waals surface area contributed by atoms with Crippen molar-refractivity contribution in [2.24, 2.45) is 0 Å². The molecule has 7 nitrogen and oxygen atoms in total. The Balaban J connectivity index is 2.14. The summed E-state index contributed by atoms with van der Waals surface area (Å²) < 4.78 is 29.4. The molecule has 0 unspecified atom stereocenters. The number of amides is 2. The zero-order chi connectivity index (χ0) is 31.2. The molecule has 0 fully saturated rings. The van der Waals surface area contributed by atoms with E-state index in [-0.39, 0.29) is 23.4 Å². The first-order valence-electron chi connectivity index (χ1n) is 14.0. The van der Waals surface area contributed by atoms with Crippen molar-refractivity contribution < 1.29 is 18.0 Å². The van der Waals surface area contributed by atoms with Crippen LogP contribution in [0.2, 0.25) is 10.0 Å². The van der Waals surface area contributed by atoms with Crippen molar-refractivity contribution in [3.8, 4) is 0 Å². The fraction of sp³-hybridized carbons (Fsp3) is 0.375. The van der Waals surface area contributed by atoms with E-state index < -0.39 is 28.5 Å². The highest BCUT2D eigenvalue weighted by molar-refractivity contribution is 7.92. The molecule has 1 N–H and O–H groups in total. The van der Waals surface area contributed by atoms with Gasteiger partial charge in [0, 0.05) is 28.2 Å². The van der Waals surface area contributed by atoms with Crippen LogP contribution in [0.4, 0.5) is 5.69 Å². The molecule has 0 aliphatic rings. The van der Waals surface area contributed by atoms with Gasteiger partial charge in [-0.05, 0) is 82.0 Å². The monoisotopic (exact) mass is 631 g/mol. The topological polar surface area (TPSA) is 86.8 Å². The summed E-state index contributed by atoms with van der Waals surface area (Å²) in [6.45, 7) is 10.6. The number of nitrogens with one attached hydrogen (secondary N) is 1. The Morgan fingerprint density at radius 3 is 2.05 bits per heavy atom. The van der Waals surface area contributed by atoms with Gasteiger partial charge >= 0.3 is 0 Å². The standard InChI is InChI=1S/C32H39Cl2N3O4S/c1-7-24(6)35-32(39)29(8-2)36(19-26-27(33)10-9-11-28(26)34)31(38)20-37(30-18-22(4)12-15-23(30)5)42(40,41)25-16-13-21(3)14-17-25/h9-18,24,29H,7-8,19-20H2,1-6H3,(H,35,39)/t24-,29-/m1/s1. The summed E-state index contributed by atoms with van der Waals surface area (Å²) in [5, 5.41) is 3.65. The molecular weight excluding hydrogens is 593 g/mol. The van der Waals surface area contributed by atoms with E-state index in [4.69, 9.17) is 23.2 Å². The SMILES string of the molecule is CC[C@@H](C)NC(=O)[C@@H](CC)N(Cc1c(Cl)cccc1Cl)C(=O)CN(c1cc(C)ccc1C)S(=O)(=O)c1ccc(C)cc1. The Morgan fingerprint density at radius 2 is 1.48 bits per heavy atom. The van der Waals surface area contributed by atoms with Crippen molar-refractivity contribution in [2.75, 3.05) is 10.8 Å². The molecule has 226 valence electrons. The highest BCUT2D eigenvalue weighted by Crippen LogP contribution is 2.30. The lowest BCUT2D eigenvalue weighted by Gasteiger charge is -2.34. The van der Waals surface area contributed by atoms with Crippen LogP contribution in [0.5, 0.6) is 0 Å². The van der Waals surface area contributed by atoms with Crippen LogP contribution in [0, 0.1) is 20.8 Å². The molecule has 3 aromatic carbocycles. The van der Waals surface area contributed by atoms with Crippen molar-refractivity contribution in [3.63, 3.8) is 0 Å². The lowest BCUT2D eigenvalue weighted by atomic mass is 10.1. The summed E-state index contributed by atoms with van der Waals surface area (Å²) in [7, 11) is -4.17. The zero-order valence-electron chi connectivity index (χ0n) is 24.9. The van der Waals surface area contributed by atoms with Crippen LogP contribution in [0.1, 0.15) is 55.9 Å². The average molecular weight is 633 g/mol. The van der Waals surface area contributed by atoms with Crippen LogP contribution in [-0.4, -0.2) is 43.8 Å². The lowest BCUT2D eigenvalue weighted by Crippen LogP contribution is -2.53. The maximum Gasteiger partial charge on any atom is 0.264 e. The van der Waals surface area contributed by atoms with Crippen molar-refractivity contribution in [1.29, 1.82) is 0 Å². The second kappa shape index (κ2) is 14.4. The summed E-state index contributed by atoms with van der Waals surface area (Å²) in [5.74, 6) is -0.892. The predicted molar refractivity (Wildman–Crippen MR) is 171 cm³/mol. The number of halogens is 2. The predicted octanol–water partition coefficient (Wildman–Crippen LogP) is 6.84. The van der Waals surface area contributed by atoms with Crippen molar-refractivity contribution in [3.05, 3.63) is 93.0 Å². The summed E-state index contributed by atoms with van der Waals surface area (Å²) in [6.07, 6.45) is 1.01. The first-order valence-corrected chi connectivity index (χ1v) is 16.2. The molecule has 42 heavy (non-hydrogen) atoms. The van der Waals surface area contributed by atoms with Gasteiger partial charge in [0.25, 0.3) is 10.0 Å². The van der Waals surface area contributed by atoms with Crippen LogP contribution in [0.3, 0.4) is 0 Å². The molecule has 0 aromatic heterocycles. The summed E-state index contributed by atoms with van der Waals surface area (Å²) in [4.78, 5) is 29.2. The van der Waals surface area contributed by atoms with E-state index in [1.807, 2.05) is 39.8 Å². The van der Waals surface area contributed by atoms with Crippen LogP contribution in [0.15, 0.2) is 65.6 Å². The third kappa shape index (κ3) is 7.85. The maximum atomic E-state index is 14.3. The molecule has 2 amide bonds. The second-order valence-corrected chi connectivity index (χ2v) is 13.3. The van der Waals surface area contributed by atoms with Gasteiger partial charge in [0.15, 0.2) is 0 Å². The number of rotatable bonds is 12. The van der Waals surface area contributed by atoms with Crippen LogP contribution in [-0.2, 0) is 26.2 Å². The Bertz CT molecular complexity index is 1510. The molecule has 0 saturated carbocycles. The Labute approximate surface area is 259 Å². The van der Waals surface area contributed by atoms with Crippen LogP contribution in [0.25, 0.3) is 0 Å². The normalized spacial score (nSPS) is 12.9. The van der Waals surface area contributed by atoms with Gasteiger partial charge in [-0.25, -0.2) is 8.42 Å².